The molecule has 0 saturated carbocycles. The van der Waals surface area contributed by atoms with Gasteiger partial charge in [0.25, 0.3) is 0 Å². The molecule has 0 spiro atoms. The summed E-state index contributed by atoms with van der Waals surface area (Å²) in [5, 5.41) is 0. The van der Waals surface area contributed by atoms with Crippen molar-refractivity contribution in [2.45, 2.75) is 26.2 Å². The summed E-state index contributed by atoms with van der Waals surface area (Å²) in [5.74, 6) is 0.329. The standard InChI is InChI=1S/C11H16O2S/c1-2-4-10-5-3-6-11(9-10)7-8-14(12)13/h3,5-6,9H,2,4,7-8H2,1H3,(H,12,13). The van der Waals surface area contributed by atoms with Gasteiger partial charge < -0.3 is 4.55 Å². The van der Waals surface area contributed by atoms with Gasteiger partial charge in [0, 0.05) is 0 Å². The van der Waals surface area contributed by atoms with E-state index in [0.29, 0.717) is 12.2 Å². The molecule has 0 radical (unpaired) electrons. The summed E-state index contributed by atoms with van der Waals surface area (Å²) in [6.45, 7) is 2.15. The molecule has 0 heterocycles. The summed E-state index contributed by atoms with van der Waals surface area (Å²) in [7, 11) is 0. The Kier molecular flexibility index (Phi) is 4.84. The van der Waals surface area contributed by atoms with Crippen LogP contribution in [-0.2, 0) is 23.9 Å². The zero-order valence-corrected chi connectivity index (χ0v) is 9.22. The molecule has 1 atom stereocenters. The molecule has 1 aromatic carbocycles. The van der Waals surface area contributed by atoms with Crippen molar-refractivity contribution in [3.05, 3.63) is 35.4 Å². The number of hydrogen-bond acceptors (Lipinski definition) is 1. The molecule has 1 unspecified atom stereocenters. The number of benzene rings is 1. The average Bonchev–Trinajstić information content (AvgIpc) is 2.16. The van der Waals surface area contributed by atoms with E-state index in [1.807, 2.05) is 12.1 Å². The van der Waals surface area contributed by atoms with Crippen LogP contribution >= 0.6 is 0 Å². The van der Waals surface area contributed by atoms with Crippen LogP contribution in [0.25, 0.3) is 0 Å². The summed E-state index contributed by atoms with van der Waals surface area (Å²) >= 11 is -1.68. The van der Waals surface area contributed by atoms with E-state index in [0.717, 1.165) is 18.4 Å². The van der Waals surface area contributed by atoms with Crippen LogP contribution in [0.4, 0.5) is 0 Å². The molecule has 2 nitrogen and oxygen atoms in total. The van der Waals surface area contributed by atoms with E-state index in [9.17, 15) is 4.21 Å². The lowest BCUT2D eigenvalue weighted by Crippen LogP contribution is -1.99. The molecule has 0 aliphatic carbocycles. The highest BCUT2D eigenvalue weighted by Crippen LogP contribution is 2.08. The lowest BCUT2D eigenvalue weighted by Gasteiger charge is -2.02. The molecule has 1 aromatic rings. The lowest BCUT2D eigenvalue weighted by molar-refractivity contribution is 0.563. The lowest BCUT2D eigenvalue weighted by atomic mass is 10.1. The highest BCUT2D eigenvalue weighted by atomic mass is 32.2. The highest BCUT2D eigenvalue weighted by molar-refractivity contribution is 7.79. The van der Waals surface area contributed by atoms with Crippen molar-refractivity contribution < 1.29 is 8.76 Å². The van der Waals surface area contributed by atoms with Crippen molar-refractivity contribution in [3.63, 3.8) is 0 Å². The first kappa shape index (κ1) is 11.4. The Balaban J connectivity index is 2.58. The summed E-state index contributed by atoms with van der Waals surface area (Å²) in [6, 6.07) is 8.24. The van der Waals surface area contributed by atoms with Gasteiger partial charge in [-0.15, -0.1) is 0 Å². The van der Waals surface area contributed by atoms with Gasteiger partial charge in [0.2, 0.25) is 0 Å². The molecule has 0 aliphatic rings. The van der Waals surface area contributed by atoms with E-state index >= 15 is 0 Å². The van der Waals surface area contributed by atoms with Gasteiger partial charge in [0.1, 0.15) is 0 Å². The van der Waals surface area contributed by atoms with Crippen LogP contribution in [0.3, 0.4) is 0 Å². The minimum atomic E-state index is -1.68. The van der Waals surface area contributed by atoms with Gasteiger partial charge in [-0.05, 0) is 24.0 Å². The predicted molar refractivity (Wildman–Crippen MR) is 59.8 cm³/mol. The number of rotatable bonds is 5. The van der Waals surface area contributed by atoms with Crippen LogP contribution in [0.1, 0.15) is 24.5 Å². The second kappa shape index (κ2) is 5.94. The first-order chi connectivity index (χ1) is 6.72. The summed E-state index contributed by atoms with van der Waals surface area (Å²) < 4.78 is 19.2. The minimum Gasteiger partial charge on any atom is -0.306 e. The number of aryl methyl sites for hydroxylation is 2. The summed E-state index contributed by atoms with van der Waals surface area (Å²) in [5.41, 5.74) is 2.46. The normalized spacial score (nSPS) is 12.7. The van der Waals surface area contributed by atoms with Crippen LogP contribution < -0.4 is 0 Å². The van der Waals surface area contributed by atoms with Crippen LogP contribution in [0, 0.1) is 0 Å². The Hall–Kier alpha value is -0.670. The quantitative estimate of drug-likeness (QED) is 0.761. The van der Waals surface area contributed by atoms with Gasteiger partial charge in [-0.2, -0.15) is 0 Å². The molecule has 3 heteroatoms. The van der Waals surface area contributed by atoms with Crippen molar-refractivity contribution >= 4 is 11.1 Å². The molecule has 0 aliphatic heterocycles. The van der Waals surface area contributed by atoms with Gasteiger partial charge in [-0.25, -0.2) is 4.21 Å². The molecule has 1 rings (SSSR count). The second-order valence-corrected chi connectivity index (χ2v) is 4.40. The fourth-order valence-corrected chi connectivity index (χ4v) is 1.84. The van der Waals surface area contributed by atoms with Crippen LogP contribution in [0.5, 0.6) is 0 Å². The molecule has 14 heavy (non-hydrogen) atoms. The minimum absolute atomic E-state index is 0.329. The van der Waals surface area contributed by atoms with E-state index in [-0.39, 0.29) is 0 Å². The molecule has 0 amide bonds. The van der Waals surface area contributed by atoms with Crippen molar-refractivity contribution in [1.82, 2.24) is 0 Å². The van der Waals surface area contributed by atoms with E-state index in [2.05, 4.69) is 19.1 Å². The molecule has 0 fully saturated rings. The zero-order chi connectivity index (χ0) is 10.4. The van der Waals surface area contributed by atoms with Crippen molar-refractivity contribution in [2.24, 2.45) is 0 Å². The van der Waals surface area contributed by atoms with Crippen molar-refractivity contribution in [2.75, 3.05) is 5.75 Å². The predicted octanol–water partition coefficient (Wildman–Crippen LogP) is 2.40. The summed E-state index contributed by atoms with van der Waals surface area (Å²) in [6.07, 6.45) is 2.89. The second-order valence-electron chi connectivity index (χ2n) is 3.35. The molecule has 78 valence electrons. The Morgan fingerprint density at radius 1 is 1.29 bits per heavy atom. The van der Waals surface area contributed by atoms with E-state index in [1.54, 1.807) is 0 Å². The Morgan fingerprint density at radius 2 is 1.93 bits per heavy atom. The fourth-order valence-electron chi connectivity index (χ4n) is 1.43. The third-order valence-electron chi connectivity index (χ3n) is 2.10. The Bertz CT molecular complexity index is 310. The molecule has 0 saturated heterocycles. The first-order valence-corrected chi connectivity index (χ1v) is 6.15. The van der Waals surface area contributed by atoms with Crippen molar-refractivity contribution in [3.8, 4) is 0 Å². The molecule has 1 N–H and O–H groups in total. The fraction of sp³-hybridized carbons (Fsp3) is 0.455. The third-order valence-corrected chi connectivity index (χ3v) is 2.65. The van der Waals surface area contributed by atoms with Crippen LogP contribution in [0.15, 0.2) is 24.3 Å². The van der Waals surface area contributed by atoms with Gasteiger partial charge >= 0.3 is 0 Å². The van der Waals surface area contributed by atoms with E-state index in [4.69, 9.17) is 4.55 Å². The first-order valence-electron chi connectivity index (χ1n) is 4.87. The SMILES string of the molecule is CCCc1cccc(CCS(=O)O)c1. The highest BCUT2D eigenvalue weighted by Gasteiger charge is 1.98. The maximum absolute atomic E-state index is 10.5. The maximum Gasteiger partial charge on any atom is 0.153 e. The van der Waals surface area contributed by atoms with Crippen LogP contribution in [0.2, 0.25) is 0 Å². The monoisotopic (exact) mass is 212 g/mol. The van der Waals surface area contributed by atoms with Gasteiger partial charge in [0.15, 0.2) is 11.1 Å². The molecule has 0 aromatic heterocycles. The topological polar surface area (TPSA) is 37.3 Å². The average molecular weight is 212 g/mol. The van der Waals surface area contributed by atoms with Gasteiger partial charge in [-0.3, -0.25) is 0 Å². The smallest absolute Gasteiger partial charge is 0.153 e. The Morgan fingerprint density at radius 3 is 2.50 bits per heavy atom. The maximum atomic E-state index is 10.5. The third kappa shape index (κ3) is 4.03. The van der Waals surface area contributed by atoms with E-state index in [1.165, 1.54) is 5.56 Å². The number of hydrogen-bond donors (Lipinski definition) is 1. The van der Waals surface area contributed by atoms with Gasteiger partial charge in [-0.1, -0.05) is 37.6 Å². The largest absolute Gasteiger partial charge is 0.306 e. The van der Waals surface area contributed by atoms with Crippen LogP contribution in [-0.4, -0.2) is 14.5 Å². The molecule has 0 bridgehead atoms. The zero-order valence-electron chi connectivity index (χ0n) is 8.40. The molecular formula is C11H16O2S. The molecular weight excluding hydrogens is 196 g/mol. The summed E-state index contributed by atoms with van der Waals surface area (Å²) in [4.78, 5) is 0. The van der Waals surface area contributed by atoms with Crippen molar-refractivity contribution in [1.29, 1.82) is 0 Å². The van der Waals surface area contributed by atoms with E-state index < -0.39 is 11.1 Å². The van der Waals surface area contributed by atoms with Gasteiger partial charge in [0.05, 0.1) is 5.75 Å². The Labute approximate surface area is 87.6 Å².